The van der Waals surface area contributed by atoms with Gasteiger partial charge in [-0.25, -0.2) is 0 Å². The molecule has 0 bridgehead atoms. The van der Waals surface area contributed by atoms with Crippen molar-refractivity contribution in [1.82, 2.24) is 10.6 Å². The molecule has 3 aromatic carbocycles. The summed E-state index contributed by atoms with van der Waals surface area (Å²) in [6.07, 6.45) is 0.431. The second-order valence-electron chi connectivity index (χ2n) is 6.77. The van der Waals surface area contributed by atoms with E-state index in [1.165, 1.54) is 24.3 Å². The largest absolute Gasteiger partial charge is 0.508 e. The lowest BCUT2D eigenvalue weighted by atomic mass is 10.1. The van der Waals surface area contributed by atoms with E-state index in [2.05, 4.69) is 10.6 Å². The molecule has 0 spiro atoms. The number of phenolic OH excluding ortho intramolecular Hbond substituents is 1. The number of nitro benzene ring substituents is 1. The maximum atomic E-state index is 12.7. The minimum absolute atomic E-state index is 0.00427. The molecule has 3 aromatic rings. The fraction of sp³-hybridized carbons (Fsp3) is 0.130. The van der Waals surface area contributed by atoms with Gasteiger partial charge in [0.25, 0.3) is 17.5 Å². The van der Waals surface area contributed by atoms with E-state index in [1.807, 2.05) is 6.07 Å². The van der Waals surface area contributed by atoms with Crippen molar-refractivity contribution in [2.45, 2.75) is 6.42 Å². The van der Waals surface area contributed by atoms with E-state index >= 15 is 0 Å². The number of benzene rings is 3. The number of nitrogens with one attached hydrogen (secondary N) is 2. The number of phenols is 1. The van der Waals surface area contributed by atoms with Crippen LogP contribution >= 0.6 is 0 Å². The lowest BCUT2D eigenvalue weighted by Crippen LogP contribution is -2.30. The van der Waals surface area contributed by atoms with Crippen LogP contribution in [0.3, 0.4) is 0 Å². The van der Waals surface area contributed by atoms with Gasteiger partial charge in [-0.15, -0.1) is 0 Å². The van der Waals surface area contributed by atoms with Crippen LogP contribution in [0, 0.1) is 10.1 Å². The van der Waals surface area contributed by atoms with Crippen LogP contribution in [0.4, 0.5) is 5.69 Å². The monoisotopic (exact) mass is 435 g/mol. The first-order chi connectivity index (χ1) is 15.4. The van der Waals surface area contributed by atoms with Crippen LogP contribution in [-0.2, 0) is 0 Å². The lowest BCUT2D eigenvalue weighted by molar-refractivity contribution is -0.384. The van der Waals surface area contributed by atoms with Crippen molar-refractivity contribution < 1.29 is 24.4 Å². The molecule has 0 aliphatic carbocycles. The van der Waals surface area contributed by atoms with Crippen LogP contribution in [0.1, 0.15) is 27.1 Å². The van der Waals surface area contributed by atoms with Gasteiger partial charge in [-0.05, 0) is 42.8 Å². The molecular weight excluding hydrogens is 414 g/mol. The lowest BCUT2D eigenvalue weighted by Gasteiger charge is -2.12. The number of nitrogens with zero attached hydrogens (tertiary/aromatic N) is 1. The smallest absolute Gasteiger partial charge is 0.270 e. The van der Waals surface area contributed by atoms with Gasteiger partial charge in [0, 0.05) is 30.8 Å². The van der Waals surface area contributed by atoms with Crippen LogP contribution in [-0.4, -0.2) is 34.9 Å². The Balaban J connectivity index is 1.58. The quantitative estimate of drug-likeness (QED) is 0.267. The summed E-state index contributed by atoms with van der Waals surface area (Å²) in [4.78, 5) is 35.2. The summed E-state index contributed by atoms with van der Waals surface area (Å²) in [7, 11) is 0. The van der Waals surface area contributed by atoms with Gasteiger partial charge in [-0.2, -0.15) is 0 Å². The predicted octanol–water partition coefficient (Wildman–Crippen LogP) is 3.64. The molecule has 0 aromatic heterocycles. The van der Waals surface area contributed by atoms with Crippen molar-refractivity contribution >= 4 is 17.5 Å². The Bertz CT molecular complexity index is 1120. The highest BCUT2D eigenvalue weighted by atomic mass is 16.6. The molecule has 0 unspecified atom stereocenters. The maximum absolute atomic E-state index is 12.7. The summed E-state index contributed by atoms with van der Waals surface area (Å²) in [5, 5.41) is 25.9. The molecular formula is C23H21N3O6. The summed E-state index contributed by atoms with van der Waals surface area (Å²) in [5.41, 5.74) is 0.133. The zero-order chi connectivity index (χ0) is 22.9. The first-order valence-corrected chi connectivity index (χ1v) is 9.81. The van der Waals surface area contributed by atoms with E-state index in [0.717, 1.165) is 6.07 Å². The molecule has 9 nitrogen and oxygen atoms in total. The minimum atomic E-state index is -0.583. The Morgan fingerprint density at radius 2 is 1.62 bits per heavy atom. The summed E-state index contributed by atoms with van der Waals surface area (Å²) in [6.45, 7) is 0.518. The number of hydrogen-bond donors (Lipinski definition) is 3. The van der Waals surface area contributed by atoms with Gasteiger partial charge >= 0.3 is 0 Å². The fourth-order valence-electron chi connectivity index (χ4n) is 2.85. The number of nitro groups is 1. The molecule has 0 fully saturated rings. The average Bonchev–Trinajstić information content (AvgIpc) is 2.79. The van der Waals surface area contributed by atoms with Gasteiger partial charge in [0.1, 0.15) is 17.2 Å². The zero-order valence-electron chi connectivity index (χ0n) is 17.0. The standard InChI is InChI=1S/C23H21N3O6/c27-18-7-4-6-16(14-18)22(28)24-12-5-13-25-23(29)20-15-17(26(30)31)10-11-21(20)32-19-8-2-1-3-9-19/h1-4,6-11,14-15,27H,5,12-13H2,(H,24,28)(H,25,29). The third-order valence-electron chi connectivity index (χ3n) is 4.42. The zero-order valence-corrected chi connectivity index (χ0v) is 17.0. The number of amides is 2. The van der Waals surface area contributed by atoms with E-state index < -0.39 is 10.8 Å². The van der Waals surface area contributed by atoms with Crippen molar-refractivity contribution in [2.75, 3.05) is 13.1 Å². The van der Waals surface area contributed by atoms with Gasteiger partial charge in [-0.1, -0.05) is 24.3 Å². The molecule has 0 aliphatic rings. The van der Waals surface area contributed by atoms with Crippen molar-refractivity contribution in [3.8, 4) is 17.2 Å². The Morgan fingerprint density at radius 3 is 2.31 bits per heavy atom. The number of carbonyl (C=O) groups excluding carboxylic acids is 2. The number of non-ortho nitro benzene ring substituents is 1. The Morgan fingerprint density at radius 1 is 0.906 bits per heavy atom. The van der Waals surface area contributed by atoms with E-state index in [-0.39, 0.29) is 41.7 Å². The van der Waals surface area contributed by atoms with Crippen LogP contribution in [0.5, 0.6) is 17.2 Å². The third kappa shape index (κ3) is 6.05. The number of carbonyl (C=O) groups is 2. The van der Waals surface area contributed by atoms with E-state index in [9.17, 15) is 24.8 Å². The molecule has 164 valence electrons. The summed E-state index contributed by atoms with van der Waals surface area (Å²) in [6, 6.07) is 18.6. The molecule has 3 rings (SSSR count). The van der Waals surface area contributed by atoms with E-state index in [4.69, 9.17) is 4.74 Å². The van der Waals surface area contributed by atoms with Crippen LogP contribution < -0.4 is 15.4 Å². The second-order valence-corrected chi connectivity index (χ2v) is 6.77. The van der Waals surface area contributed by atoms with Gasteiger partial charge in [0.15, 0.2) is 0 Å². The Hall–Kier alpha value is -4.40. The van der Waals surface area contributed by atoms with E-state index in [0.29, 0.717) is 17.7 Å². The molecule has 3 N–H and O–H groups in total. The second kappa shape index (κ2) is 10.6. The molecule has 2 amide bonds. The molecule has 0 radical (unpaired) electrons. The van der Waals surface area contributed by atoms with Crippen molar-refractivity contribution in [1.29, 1.82) is 0 Å². The van der Waals surface area contributed by atoms with Crippen molar-refractivity contribution in [2.24, 2.45) is 0 Å². The van der Waals surface area contributed by atoms with Gasteiger partial charge in [-0.3, -0.25) is 19.7 Å². The fourth-order valence-corrected chi connectivity index (χ4v) is 2.85. The van der Waals surface area contributed by atoms with Gasteiger partial charge < -0.3 is 20.5 Å². The molecule has 0 saturated carbocycles. The first-order valence-electron chi connectivity index (χ1n) is 9.81. The average molecular weight is 435 g/mol. The first kappa shape index (κ1) is 22.3. The van der Waals surface area contributed by atoms with Crippen LogP contribution in [0.15, 0.2) is 72.8 Å². The Labute approximate surface area is 183 Å². The molecule has 0 saturated heterocycles. The molecule has 0 aliphatic heterocycles. The molecule has 0 atom stereocenters. The summed E-state index contributed by atoms with van der Waals surface area (Å²) >= 11 is 0. The highest BCUT2D eigenvalue weighted by Crippen LogP contribution is 2.28. The topological polar surface area (TPSA) is 131 Å². The molecule has 0 heterocycles. The predicted molar refractivity (Wildman–Crippen MR) is 117 cm³/mol. The highest BCUT2D eigenvalue weighted by molar-refractivity contribution is 5.97. The normalized spacial score (nSPS) is 10.2. The van der Waals surface area contributed by atoms with Gasteiger partial charge in [0.05, 0.1) is 10.5 Å². The van der Waals surface area contributed by atoms with Crippen LogP contribution in [0.25, 0.3) is 0 Å². The van der Waals surface area contributed by atoms with Crippen molar-refractivity contribution in [3.63, 3.8) is 0 Å². The van der Waals surface area contributed by atoms with Crippen molar-refractivity contribution in [3.05, 3.63) is 94.0 Å². The summed E-state index contributed by atoms with van der Waals surface area (Å²) < 4.78 is 5.72. The SMILES string of the molecule is O=C(NCCCNC(=O)c1cc([N+](=O)[O-])ccc1Oc1ccccc1)c1cccc(O)c1. The number of para-hydroxylation sites is 1. The molecule has 9 heteroatoms. The highest BCUT2D eigenvalue weighted by Gasteiger charge is 2.18. The number of ether oxygens (including phenoxy) is 1. The minimum Gasteiger partial charge on any atom is -0.508 e. The number of aromatic hydroxyl groups is 1. The van der Waals surface area contributed by atoms with Gasteiger partial charge in [0.2, 0.25) is 0 Å². The Kier molecular flexibility index (Phi) is 7.37. The van der Waals surface area contributed by atoms with Crippen LogP contribution in [0.2, 0.25) is 0 Å². The maximum Gasteiger partial charge on any atom is 0.270 e. The number of rotatable bonds is 9. The third-order valence-corrected chi connectivity index (χ3v) is 4.42. The number of hydrogen-bond acceptors (Lipinski definition) is 6. The van der Waals surface area contributed by atoms with E-state index in [1.54, 1.807) is 36.4 Å². The summed E-state index contributed by atoms with van der Waals surface area (Å²) in [5.74, 6) is -0.194. The molecule has 32 heavy (non-hydrogen) atoms.